The summed E-state index contributed by atoms with van der Waals surface area (Å²) in [7, 11) is -1.62. The second-order valence-electron chi connectivity index (χ2n) is 5.31. The maximum absolute atomic E-state index is 12.2. The lowest BCUT2D eigenvalue weighted by atomic mass is 9.93. The third-order valence-corrected chi connectivity index (χ3v) is 5.58. The molecule has 114 valence electrons. The van der Waals surface area contributed by atoms with Crippen LogP contribution in [-0.4, -0.2) is 57.9 Å². The van der Waals surface area contributed by atoms with Gasteiger partial charge in [-0.1, -0.05) is 6.92 Å². The largest absolute Gasteiger partial charge is 0.384 e. The zero-order valence-electron chi connectivity index (χ0n) is 12.4. The lowest BCUT2D eigenvalue weighted by Gasteiger charge is -2.35. The Bertz CT molecular complexity index is 346. The summed E-state index contributed by atoms with van der Waals surface area (Å²) in [5.41, 5.74) is 0. The van der Waals surface area contributed by atoms with Crippen molar-refractivity contribution < 1.29 is 13.2 Å². The van der Waals surface area contributed by atoms with E-state index in [2.05, 4.69) is 19.2 Å². The summed E-state index contributed by atoms with van der Waals surface area (Å²) in [6.07, 6.45) is 3.16. The third kappa shape index (κ3) is 5.38. The van der Waals surface area contributed by atoms with Crippen molar-refractivity contribution in [3.63, 3.8) is 0 Å². The first-order chi connectivity index (χ1) is 9.01. The monoisotopic (exact) mass is 292 g/mol. The van der Waals surface area contributed by atoms with E-state index in [4.69, 9.17) is 4.74 Å². The van der Waals surface area contributed by atoms with Gasteiger partial charge in [0.2, 0.25) is 10.0 Å². The summed E-state index contributed by atoms with van der Waals surface area (Å²) in [5, 5.41) is 3.47. The van der Waals surface area contributed by atoms with Crippen molar-refractivity contribution in [3.8, 4) is 0 Å². The van der Waals surface area contributed by atoms with Crippen molar-refractivity contribution in [1.82, 2.24) is 9.62 Å². The molecular weight excluding hydrogens is 264 g/mol. The normalized spacial score (nSPS) is 23.4. The first-order valence-electron chi connectivity index (χ1n) is 7.21. The zero-order chi connectivity index (χ0) is 14.3. The first kappa shape index (κ1) is 16.9. The maximum atomic E-state index is 12.2. The molecule has 6 heteroatoms. The Hall–Kier alpha value is -0.170. The Kier molecular flexibility index (Phi) is 7.28. The molecule has 1 aliphatic heterocycles. The van der Waals surface area contributed by atoms with E-state index >= 15 is 0 Å². The van der Waals surface area contributed by atoms with Crippen LogP contribution in [0.15, 0.2) is 0 Å². The van der Waals surface area contributed by atoms with Gasteiger partial charge in [0.25, 0.3) is 0 Å². The standard InChI is InChI=1S/C13H28N2O3S/c1-4-7-14-12(2)13-6-5-8-15(11-13)19(16,17)10-9-18-3/h12-14H,4-11H2,1-3H3. The molecule has 19 heavy (non-hydrogen) atoms. The summed E-state index contributed by atoms with van der Waals surface area (Å²) in [6, 6.07) is 0.375. The minimum Gasteiger partial charge on any atom is -0.384 e. The number of sulfonamides is 1. The molecule has 0 radical (unpaired) electrons. The number of nitrogens with one attached hydrogen (secondary N) is 1. The minimum absolute atomic E-state index is 0.0903. The highest BCUT2D eigenvalue weighted by Crippen LogP contribution is 2.22. The molecule has 0 amide bonds. The SMILES string of the molecule is CCCNC(C)C1CCCN(S(=O)(=O)CCOC)C1. The van der Waals surface area contributed by atoms with Crippen LogP contribution in [0, 0.1) is 5.92 Å². The van der Waals surface area contributed by atoms with Crippen molar-refractivity contribution >= 4 is 10.0 Å². The van der Waals surface area contributed by atoms with Gasteiger partial charge in [0.05, 0.1) is 12.4 Å². The number of rotatable bonds is 8. The maximum Gasteiger partial charge on any atom is 0.216 e. The Balaban J connectivity index is 2.53. The molecule has 1 fully saturated rings. The molecule has 0 aromatic heterocycles. The molecule has 1 heterocycles. The molecule has 0 spiro atoms. The van der Waals surface area contributed by atoms with E-state index in [0.717, 1.165) is 25.8 Å². The molecule has 1 N–H and O–H groups in total. The minimum atomic E-state index is -3.15. The predicted octanol–water partition coefficient (Wildman–Crippen LogP) is 1.06. The van der Waals surface area contributed by atoms with Gasteiger partial charge >= 0.3 is 0 Å². The van der Waals surface area contributed by atoms with Gasteiger partial charge in [-0.2, -0.15) is 0 Å². The van der Waals surface area contributed by atoms with Crippen LogP contribution in [0.25, 0.3) is 0 Å². The summed E-state index contributed by atoms with van der Waals surface area (Å²) in [6.45, 7) is 6.86. The smallest absolute Gasteiger partial charge is 0.216 e. The van der Waals surface area contributed by atoms with Crippen LogP contribution >= 0.6 is 0 Å². The average Bonchev–Trinajstić information content (AvgIpc) is 2.42. The first-order valence-corrected chi connectivity index (χ1v) is 8.82. The number of nitrogens with zero attached hydrogens (tertiary/aromatic N) is 1. The van der Waals surface area contributed by atoms with Crippen molar-refractivity contribution in [2.75, 3.05) is 39.1 Å². The fourth-order valence-corrected chi connectivity index (χ4v) is 3.95. The molecule has 0 aliphatic carbocycles. The number of hydrogen-bond donors (Lipinski definition) is 1. The molecule has 0 aromatic carbocycles. The predicted molar refractivity (Wildman–Crippen MR) is 77.7 cm³/mol. The fourth-order valence-electron chi connectivity index (χ4n) is 2.49. The molecule has 5 nitrogen and oxygen atoms in total. The Morgan fingerprint density at radius 1 is 1.47 bits per heavy atom. The van der Waals surface area contributed by atoms with Gasteiger partial charge in [-0.25, -0.2) is 12.7 Å². The molecule has 0 aromatic rings. The zero-order valence-corrected chi connectivity index (χ0v) is 13.2. The highest BCUT2D eigenvalue weighted by Gasteiger charge is 2.30. The highest BCUT2D eigenvalue weighted by atomic mass is 32.2. The van der Waals surface area contributed by atoms with Crippen LogP contribution in [0.3, 0.4) is 0 Å². The van der Waals surface area contributed by atoms with Gasteiger partial charge in [-0.3, -0.25) is 0 Å². The fraction of sp³-hybridized carbons (Fsp3) is 1.00. The van der Waals surface area contributed by atoms with Crippen LogP contribution in [0.5, 0.6) is 0 Å². The van der Waals surface area contributed by atoms with Crippen LogP contribution in [0.4, 0.5) is 0 Å². The molecule has 2 atom stereocenters. The van der Waals surface area contributed by atoms with Crippen LogP contribution in [0.2, 0.25) is 0 Å². The van der Waals surface area contributed by atoms with Gasteiger partial charge < -0.3 is 10.1 Å². The molecule has 0 saturated carbocycles. The van der Waals surface area contributed by atoms with Crippen LogP contribution in [-0.2, 0) is 14.8 Å². The van der Waals surface area contributed by atoms with Crippen molar-refractivity contribution in [1.29, 1.82) is 0 Å². The average molecular weight is 292 g/mol. The van der Waals surface area contributed by atoms with Crippen molar-refractivity contribution in [3.05, 3.63) is 0 Å². The number of hydrogen-bond acceptors (Lipinski definition) is 4. The van der Waals surface area contributed by atoms with Gasteiger partial charge in [0.1, 0.15) is 0 Å². The number of piperidine rings is 1. The summed E-state index contributed by atoms with van der Waals surface area (Å²) < 4.78 is 30.8. The quantitative estimate of drug-likeness (QED) is 0.727. The van der Waals surface area contributed by atoms with Gasteiger partial charge in [-0.15, -0.1) is 0 Å². The molecule has 2 unspecified atom stereocenters. The van der Waals surface area contributed by atoms with E-state index in [9.17, 15) is 8.42 Å². The Labute approximate surface area is 117 Å². The second kappa shape index (κ2) is 8.19. The molecule has 0 bridgehead atoms. The van der Waals surface area contributed by atoms with Gasteiger partial charge in [-0.05, 0) is 38.6 Å². The summed E-state index contributed by atoms with van der Waals surface area (Å²) >= 11 is 0. The lowest BCUT2D eigenvalue weighted by molar-refractivity contribution is 0.206. The van der Waals surface area contributed by atoms with Gasteiger partial charge in [0.15, 0.2) is 0 Å². The van der Waals surface area contributed by atoms with Crippen molar-refractivity contribution in [2.45, 2.75) is 39.2 Å². The number of methoxy groups -OCH3 is 1. The second-order valence-corrected chi connectivity index (χ2v) is 7.40. The summed E-state index contributed by atoms with van der Waals surface area (Å²) in [4.78, 5) is 0. The Morgan fingerprint density at radius 3 is 2.84 bits per heavy atom. The molecular formula is C13H28N2O3S. The van der Waals surface area contributed by atoms with Crippen LogP contribution < -0.4 is 5.32 Å². The van der Waals surface area contributed by atoms with E-state index < -0.39 is 10.0 Å². The lowest BCUT2D eigenvalue weighted by Crippen LogP contribution is -2.47. The van der Waals surface area contributed by atoms with Crippen molar-refractivity contribution in [2.24, 2.45) is 5.92 Å². The van der Waals surface area contributed by atoms with Crippen LogP contribution in [0.1, 0.15) is 33.1 Å². The van der Waals surface area contributed by atoms with E-state index in [1.54, 1.807) is 4.31 Å². The topological polar surface area (TPSA) is 58.6 Å². The molecule has 1 aliphatic rings. The van der Waals surface area contributed by atoms with Gasteiger partial charge in [0, 0.05) is 26.2 Å². The van der Waals surface area contributed by atoms with E-state index in [0.29, 0.717) is 25.0 Å². The molecule has 1 saturated heterocycles. The Morgan fingerprint density at radius 2 is 2.21 bits per heavy atom. The molecule has 1 rings (SSSR count). The highest BCUT2D eigenvalue weighted by molar-refractivity contribution is 7.89. The van der Waals surface area contributed by atoms with E-state index in [1.807, 2.05) is 0 Å². The summed E-state index contributed by atoms with van der Waals surface area (Å²) in [5.74, 6) is 0.505. The van der Waals surface area contributed by atoms with E-state index in [1.165, 1.54) is 7.11 Å². The third-order valence-electron chi connectivity index (χ3n) is 3.78. The van der Waals surface area contributed by atoms with E-state index in [-0.39, 0.29) is 12.4 Å². The number of ether oxygens (including phenoxy) is 1.